The minimum atomic E-state index is 0.391. The van der Waals surface area contributed by atoms with E-state index in [0.29, 0.717) is 11.6 Å². The number of nitrogens with two attached hydrogens (primary N) is 2. The molecule has 14 heavy (non-hydrogen) atoms. The zero-order valence-electron chi connectivity index (χ0n) is 8.07. The third-order valence-electron chi connectivity index (χ3n) is 2.17. The van der Waals surface area contributed by atoms with Crippen molar-refractivity contribution in [2.24, 2.45) is 0 Å². The predicted octanol–water partition coefficient (Wildman–Crippen LogP) is 0.806. The highest BCUT2D eigenvalue weighted by Gasteiger charge is 2.08. The molecule has 0 aliphatic rings. The topological polar surface area (TPSA) is 90.7 Å². The maximum Gasteiger partial charge on any atom is 0.154 e. The Morgan fingerprint density at radius 2 is 1.79 bits per heavy atom. The molecule has 0 aliphatic carbocycles. The summed E-state index contributed by atoms with van der Waals surface area (Å²) in [7, 11) is 0. The second-order valence-corrected chi connectivity index (χ2v) is 3.23. The van der Waals surface area contributed by atoms with Gasteiger partial charge >= 0.3 is 0 Å². The van der Waals surface area contributed by atoms with Crippen molar-refractivity contribution in [3.63, 3.8) is 0 Å². The Hall–Kier alpha value is -1.91. The van der Waals surface area contributed by atoms with Crippen LogP contribution in [0.3, 0.4) is 0 Å². The molecule has 2 aromatic rings. The Kier molecular flexibility index (Phi) is 1.73. The molecule has 0 radical (unpaired) electrons. The highest BCUT2D eigenvalue weighted by molar-refractivity contribution is 5.94. The van der Waals surface area contributed by atoms with E-state index >= 15 is 0 Å². The molecule has 72 valence electrons. The largest absolute Gasteiger partial charge is 0.384 e. The fourth-order valence-corrected chi connectivity index (χ4v) is 1.59. The third-order valence-corrected chi connectivity index (χ3v) is 2.17. The van der Waals surface area contributed by atoms with Gasteiger partial charge in [-0.15, -0.1) is 5.10 Å². The van der Waals surface area contributed by atoms with Crippen LogP contribution in [0.2, 0.25) is 0 Å². The molecule has 2 heterocycles. The second-order valence-electron chi connectivity index (χ2n) is 3.23. The van der Waals surface area contributed by atoms with Crippen molar-refractivity contribution in [1.29, 1.82) is 0 Å². The monoisotopic (exact) mass is 189 g/mol. The molecule has 0 fully saturated rings. The molecule has 5 heteroatoms. The molecule has 2 aromatic heterocycles. The molecule has 0 aliphatic heterocycles. The van der Waals surface area contributed by atoms with Gasteiger partial charge in [-0.05, 0) is 19.9 Å². The van der Waals surface area contributed by atoms with Gasteiger partial charge in [-0.2, -0.15) is 5.10 Å². The lowest BCUT2D eigenvalue weighted by Gasteiger charge is -2.06. The van der Waals surface area contributed by atoms with Crippen molar-refractivity contribution in [2.75, 3.05) is 11.5 Å². The van der Waals surface area contributed by atoms with Crippen LogP contribution < -0.4 is 11.5 Å². The lowest BCUT2D eigenvalue weighted by molar-refractivity contribution is 1.01. The third kappa shape index (κ3) is 1.14. The standard InChI is InChI=1S/C9H11N5/c1-4-8-5(2)13-14-9(11)6(8)3-7(10)12-4/h3H,1-2H3,(H2,10,12)(H2,11,14). The number of anilines is 2. The van der Waals surface area contributed by atoms with Gasteiger partial charge in [0.15, 0.2) is 5.82 Å². The summed E-state index contributed by atoms with van der Waals surface area (Å²) in [6.07, 6.45) is 0. The van der Waals surface area contributed by atoms with Crippen LogP contribution in [0.25, 0.3) is 10.8 Å². The quantitative estimate of drug-likeness (QED) is 0.639. The van der Waals surface area contributed by atoms with E-state index in [0.717, 1.165) is 22.2 Å². The molecular formula is C9H11N5. The van der Waals surface area contributed by atoms with Crippen LogP contribution in [-0.2, 0) is 0 Å². The summed E-state index contributed by atoms with van der Waals surface area (Å²) in [5, 5.41) is 9.53. The average molecular weight is 189 g/mol. The zero-order valence-corrected chi connectivity index (χ0v) is 8.07. The summed E-state index contributed by atoms with van der Waals surface area (Å²) in [5.74, 6) is 0.844. The summed E-state index contributed by atoms with van der Waals surface area (Å²) in [5.41, 5.74) is 13.0. The number of fused-ring (bicyclic) bond motifs is 1. The number of hydrogen-bond donors (Lipinski definition) is 2. The molecule has 0 saturated carbocycles. The van der Waals surface area contributed by atoms with E-state index in [9.17, 15) is 0 Å². The van der Waals surface area contributed by atoms with Gasteiger partial charge in [0, 0.05) is 16.5 Å². The first kappa shape index (κ1) is 8.68. The van der Waals surface area contributed by atoms with Crippen molar-refractivity contribution < 1.29 is 0 Å². The zero-order chi connectivity index (χ0) is 10.3. The van der Waals surface area contributed by atoms with Crippen LogP contribution in [0.5, 0.6) is 0 Å². The minimum Gasteiger partial charge on any atom is -0.384 e. The summed E-state index contributed by atoms with van der Waals surface area (Å²) < 4.78 is 0. The van der Waals surface area contributed by atoms with E-state index in [1.165, 1.54) is 0 Å². The average Bonchev–Trinajstić information content (AvgIpc) is 2.10. The van der Waals surface area contributed by atoms with Crippen molar-refractivity contribution >= 4 is 22.4 Å². The number of rotatable bonds is 0. The molecule has 4 N–H and O–H groups in total. The molecule has 0 unspecified atom stereocenters. The van der Waals surface area contributed by atoms with Gasteiger partial charge in [0.1, 0.15) is 5.82 Å². The second kappa shape index (κ2) is 2.80. The summed E-state index contributed by atoms with van der Waals surface area (Å²) in [6, 6.07) is 1.72. The van der Waals surface area contributed by atoms with E-state index in [2.05, 4.69) is 15.2 Å². The minimum absolute atomic E-state index is 0.391. The molecule has 2 rings (SSSR count). The van der Waals surface area contributed by atoms with Gasteiger partial charge in [0.2, 0.25) is 0 Å². The highest BCUT2D eigenvalue weighted by Crippen LogP contribution is 2.24. The van der Waals surface area contributed by atoms with Crippen molar-refractivity contribution in [2.45, 2.75) is 13.8 Å². The summed E-state index contributed by atoms with van der Waals surface area (Å²) >= 11 is 0. The van der Waals surface area contributed by atoms with E-state index in [-0.39, 0.29) is 0 Å². The smallest absolute Gasteiger partial charge is 0.154 e. The SMILES string of the molecule is Cc1nnc(N)c2cc(N)nc(C)c12. The fraction of sp³-hybridized carbons (Fsp3) is 0.222. The van der Waals surface area contributed by atoms with Crippen LogP contribution in [0.15, 0.2) is 6.07 Å². The Bertz CT molecular complexity index is 506. The Labute approximate surface area is 81.2 Å². The fourth-order valence-electron chi connectivity index (χ4n) is 1.59. The lowest BCUT2D eigenvalue weighted by atomic mass is 10.1. The number of hydrogen-bond acceptors (Lipinski definition) is 5. The van der Waals surface area contributed by atoms with Gasteiger partial charge < -0.3 is 11.5 Å². The van der Waals surface area contributed by atoms with Crippen LogP contribution in [0, 0.1) is 13.8 Å². The van der Waals surface area contributed by atoms with Crippen LogP contribution >= 0.6 is 0 Å². The number of pyridine rings is 1. The molecule has 0 atom stereocenters. The first-order valence-corrected chi connectivity index (χ1v) is 4.25. The predicted molar refractivity (Wildman–Crippen MR) is 55.6 cm³/mol. The summed E-state index contributed by atoms with van der Waals surface area (Å²) in [4.78, 5) is 4.16. The number of nitrogens with zero attached hydrogens (tertiary/aromatic N) is 3. The van der Waals surface area contributed by atoms with E-state index in [1.54, 1.807) is 6.07 Å². The normalized spacial score (nSPS) is 10.7. The van der Waals surface area contributed by atoms with E-state index < -0.39 is 0 Å². The molecular weight excluding hydrogens is 178 g/mol. The Morgan fingerprint density at radius 3 is 2.50 bits per heavy atom. The first-order chi connectivity index (χ1) is 6.59. The molecule has 5 nitrogen and oxygen atoms in total. The van der Waals surface area contributed by atoms with Crippen molar-refractivity contribution in [1.82, 2.24) is 15.2 Å². The highest BCUT2D eigenvalue weighted by atomic mass is 15.1. The maximum absolute atomic E-state index is 5.71. The molecule has 0 amide bonds. The van der Waals surface area contributed by atoms with Gasteiger partial charge in [0.25, 0.3) is 0 Å². The molecule has 0 aromatic carbocycles. The number of aromatic nitrogens is 3. The summed E-state index contributed by atoms with van der Waals surface area (Å²) in [6.45, 7) is 3.76. The molecule has 0 saturated heterocycles. The van der Waals surface area contributed by atoms with Gasteiger partial charge in [-0.25, -0.2) is 4.98 Å². The van der Waals surface area contributed by atoms with Gasteiger partial charge in [0.05, 0.1) is 5.69 Å². The first-order valence-electron chi connectivity index (χ1n) is 4.25. The van der Waals surface area contributed by atoms with Gasteiger partial charge in [-0.1, -0.05) is 0 Å². The lowest BCUT2D eigenvalue weighted by Crippen LogP contribution is -2.01. The van der Waals surface area contributed by atoms with Crippen LogP contribution in [0.1, 0.15) is 11.4 Å². The number of aryl methyl sites for hydroxylation is 2. The number of nitrogen functional groups attached to an aromatic ring is 2. The van der Waals surface area contributed by atoms with Crippen LogP contribution in [0.4, 0.5) is 11.6 Å². The van der Waals surface area contributed by atoms with E-state index in [4.69, 9.17) is 11.5 Å². The Balaban J connectivity index is 3.00. The van der Waals surface area contributed by atoms with Gasteiger partial charge in [-0.3, -0.25) is 0 Å². The van der Waals surface area contributed by atoms with Crippen LogP contribution in [-0.4, -0.2) is 15.2 Å². The van der Waals surface area contributed by atoms with Crippen molar-refractivity contribution in [3.05, 3.63) is 17.5 Å². The molecule has 0 spiro atoms. The van der Waals surface area contributed by atoms with E-state index in [1.807, 2.05) is 13.8 Å². The maximum atomic E-state index is 5.71. The Morgan fingerprint density at radius 1 is 1.07 bits per heavy atom. The molecule has 0 bridgehead atoms. The van der Waals surface area contributed by atoms with Crippen molar-refractivity contribution in [3.8, 4) is 0 Å².